The van der Waals surface area contributed by atoms with Gasteiger partial charge in [-0.05, 0) is 0 Å². The fraction of sp³-hybridized carbons (Fsp3) is 0.545. The summed E-state index contributed by atoms with van der Waals surface area (Å²) in [5.74, 6) is 0.254. The van der Waals surface area contributed by atoms with Crippen molar-refractivity contribution in [3.8, 4) is 0 Å². The Hall–Kier alpha value is -1.86. The molecule has 5 nitrogen and oxygen atoms in total. The van der Waals surface area contributed by atoms with Gasteiger partial charge in [0, 0.05) is 45.5 Å². The molecule has 19 heavy (non-hydrogen) atoms. The molecular weight excluding hydrogens is 261 g/mol. The number of nitrogens with zero attached hydrogens (tertiary/aromatic N) is 4. The maximum Gasteiger partial charge on any atom is 0.419 e. The summed E-state index contributed by atoms with van der Waals surface area (Å²) in [6, 6.07) is 0. The lowest BCUT2D eigenvalue weighted by Gasteiger charge is -2.34. The van der Waals surface area contributed by atoms with Crippen LogP contribution in [0.1, 0.15) is 12.5 Å². The zero-order chi connectivity index (χ0) is 14.0. The third-order valence-corrected chi connectivity index (χ3v) is 2.97. The molecule has 1 saturated heterocycles. The number of carbonyl (C=O) groups is 1. The summed E-state index contributed by atoms with van der Waals surface area (Å²) in [5.41, 5.74) is -0.862. The first-order valence-corrected chi connectivity index (χ1v) is 5.77. The van der Waals surface area contributed by atoms with E-state index in [2.05, 4.69) is 9.97 Å². The summed E-state index contributed by atoms with van der Waals surface area (Å²) >= 11 is 0. The minimum atomic E-state index is -4.42. The maximum atomic E-state index is 12.4. The highest BCUT2D eigenvalue weighted by Crippen LogP contribution is 2.28. The van der Waals surface area contributed by atoms with Gasteiger partial charge in [0.1, 0.15) is 0 Å². The largest absolute Gasteiger partial charge is 0.419 e. The van der Waals surface area contributed by atoms with Crippen LogP contribution in [0.15, 0.2) is 12.4 Å². The van der Waals surface area contributed by atoms with Crippen molar-refractivity contribution in [2.45, 2.75) is 13.1 Å². The standard InChI is InChI=1S/C11H13F3N4O/c1-8(19)17-2-4-18(5-3-17)10-15-6-9(7-16-10)11(12,13)14/h6-7H,2-5H2,1H3. The van der Waals surface area contributed by atoms with E-state index in [1.165, 1.54) is 6.92 Å². The highest BCUT2D eigenvalue weighted by molar-refractivity contribution is 5.73. The Balaban J connectivity index is 2.02. The number of alkyl halides is 3. The van der Waals surface area contributed by atoms with Crippen LogP contribution in [0.2, 0.25) is 0 Å². The van der Waals surface area contributed by atoms with E-state index < -0.39 is 11.7 Å². The Morgan fingerprint density at radius 3 is 2.11 bits per heavy atom. The molecule has 2 rings (SSSR count). The number of amides is 1. The van der Waals surface area contributed by atoms with Crippen molar-refractivity contribution in [3.05, 3.63) is 18.0 Å². The molecule has 1 aliphatic rings. The molecule has 0 radical (unpaired) electrons. The van der Waals surface area contributed by atoms with E-state index in [1.807, 2.05) is 0 Å². The van der Waals surface area contributed by atoms with Crippen LogP contribution in [0.25, 0.3) is 0 Å². The number of hydrogen-bond donors (Lipinski definition) is 0. The van der Waals surface area contributed by atoms with Crippen LogP contribution in [-0.4, -0.2) is 47.0 Å². The molecule has 104 valence electrons. The van der Waals surface area contributed by atoms with Crippen molar-refractivity contribution in [2.24, 2.45) is 0 Å². The van der Waals surface area contributed by atoms with Gasteiger partial charge < -0.3 is 9.80 Å². The molecule has 1 aromatic rings. The summed E-state index contributed by atoms with van der Waals surface area (Å²) < 4.78 is 37.1. The van der Waals surface area contributed by atoms with Gasteiger partial charge in [-0.15, -0.1) is 0 Å². The number of piperazine rings is 1. The van der Waals surface area contributed by atoms with Gasteiger partial charge in [0.2, 0.25) is 11.9 Å². The van der Waals surface area contributed by atoms with Crippen molar-refractivity contribution in [1.82, 2.24) is 14.9 Å². The number of anilines is 1. The molecule has 0 aromatic carbocycles. The molecule has 2 heterocycles. The zero-order valence-corrected chi connectivity index (χ0v) is 10.3. The van der Waals surface area contributed by atoms with Crippen LogP contribution in [0.5, 0.6) is 0 Å². The molecule has 0 spiro atoms. The first kappa shape index (κ1) is 13.6. The fourth-order valence-electron chi connectivity index (χ4n) is 1.85. The second-order valence-electron chi connectivity index (χ2n) is 4.26. The van der Waals surface area contributed by atoms with Gasteiger partial charge in [0.25, 0.3) is 0 Å². The molecule has 0 saturated carbocycles. The topological polar surface area (TPSA) is 49.3 Å². The number of aromatic nitrogens is 2. The van der Waals surface area contributed by atoms with Crippen molar-refractivity contribution in [1.29, 1.82) is 0 Å². The van der Waals surface area contributed by atoms with Crippen molar-refractivity contribution >= 4 is 11.9 Å². The molecule has 1 fully saturated rings. The van der Waals surface area contributed by atoms with Crippen LogP contribution in [0, 0.1) is 0 Å². The monoisotopic (exact) mass is 274 g/mol. The minimum Gasteiger partial charge on any atom is -0.339 e. The second kappa shape index (κ2) is 5.02. The van der Waals surface area contributed by atoms with E-state index >= 15 is 0 Å². The van der Waals surface area contributed by atoms with Gasteiger partial charge in [0.15, 0.2) is 0 Å². The summed E-state index contributed by atoms with van der Waals surface area (Å²) in [6.07, 6.45) is -2.87. The summed E-state index contributed by atoms with van der Waals surface area (Å²) in [4.78, 5) is 22.1. The molecule has 0 atom stereocenters. The van der Waals surface area contributed by atoms with Gasteiger partial charge >= 0.3 is 6.18 Å². The predicted octanol–water partition coefficient (Wildman–Crippen LogP) is 1.16. The summed E-state index contributed by atoms with van der Waals surface area (Å²) in [7, 11) is 0. The Morgan fingerprint density at radius 2 is 1.68 bits per heavy atom. The highest BCUT2D eigenvalue weighted by atomic mass is 19.4. The van der Waals surface area contributed by atoms with Crippen molar-refractivity contribution in [2.75, 3.05) is 31.1 Å². The molecule has 1 aromatic heterocycles. The molecule has 0 N–H and O–H groups in total. The van der Waals surface area contributed by atoms with Crippen LogP contribution in [-0.2, 0) is 11.0 Å². The van der Waals surface area contributed by atoms with Crippen molar-refractivity contribution in [3.63, 3.8) is 0 Å². The second-order valence-corrected chi connectivity index (χ2v) is 4.26. The fourth-order valence-corrected chi connectivity index (χ4v) is 1.85. The molecule has 0 unspecified atom stereocenters. The van der Waals surface area contributed by atoms with Crippen LogP contribution in [0.4, 0.5) is 19.1 Å². The molecule has 0 aliphatic carbocycles. The van der Waals surface area contributed by atoms with E-state index in [4.69, 9.17) is 0 Å². The van der Waals surface area contributed by atoms with Gasteiger partial charge in [-0.1, -0.05) is 0 Å². The number of halogens is 3. The lowest BCUT2D eigenvalue weighted by atomic mass is 10.3. The van der Waals surface area contributed by atoms with E-state index in [-0.39, 0.29) is 11.9 Å². The number of hydrogen-bond acceptors (Lipinski definition) is 4. The quantitative estimate of drug-likeness (QED) is 0.771. The van der Waals surface area contributed by atoms with E-state index in [0.29, 0.717) is 26.2 Å². The highest BCUT2D eigenvalue weighted by Gasteiger charge is 2.31. The van der Waals surface area contributed by atoms with E-state index in [1.54, 1.807) is 9.80 Å². The number of rotatable bonds is 1. The van der Waals surface area contributed by atoms with Crippen LogP contribution < -0.4 is 4.90 Å². The Kier molecular flexibility index (Phi) is 3.59. The SMILES string of the molecule is CC(=O)N1CCN(c2ncc(C(F)(F)F)cn2)CC1. The predicted molar refractivity (Wildman–Crippen MR) is 61.5 cm³/mol. The lowest BCUT2D eigenvalue weighted by Crippen LogP contribution is -2.48. The smallest absolute Gasteiger partial charge is 0.339 e. The molecule has 0 bridgehead atoms. The Bertz CT molecular complexity index is 452. The normalized spacial score (nSPS) is 16.6. The first-order chi connectivity index (χ1) is 8.88. The third kappa shape index (κ3) is 3.12. The molecular formula is C11H13F3N4O. The van der Waals surface area contributed by atoms with Gasteiger partial charge in [-0.25, -0.2) is 9.97 Å². The molecule has 8 heteroatoms. The number of carbonyl (C=O) groups excluding carboxylic acids is 1. The van der Waals surface area contributed by atoms with Gasteiger partial charge in [-0.3, -0.25) is 4.79 Å². The Labute approximate surface area is 108 Å². The summed E-state index contributed by atoms with van der Waals surface area (Å²) in [5, 5.41) is 0. The lowest BCUT2D eigenvalue weighted by molar-refractivity contribution is -0.138. The van der Waals surface area contributed by atoms with Crippen LogP contribution in [0.3, 0.4) is 0 Å². The van der Waals surface area contributed by atoms with E-state index in [9.17, 15) is 18.0 Å². The zero-order valence-electron chi connectivity index (χ0n) is 10.3. The third-order valence-electron chi connectivity index (χ3n) is 2.97. The summed E-state index contributed by atoms with van der Waals surface area (Å²) in [6.45, 7) is 3.58. The average Bonchev–Trinajstić information content (AvgIpc) is 2.38. The van der Waals surface area contributed by atoms with Gasteiger partial charge in [-0.2, -0.15) is 13.2 Å². The maximum absolute atomic E-state index is 12.4. The Morgan fingerprint density at radius 1 is 1.16 bits per heavy atom. The van der Waals surface area contributed by atoms with Crippen molar-refractivity contribution < 1.29 is 18.0 Å². The van der Waals surface area contributed by atoms with Crippen LogP contribution >= 0.6 is 0 Å². The van der Waals surface area contributed by atoms with Gasteiger partial charge in [0.05, 0.1) is 5.56 Å². The van der Waals surface area contributed by atoms with E-state index in [0.717, 1.165) is 12.4 Å². The molecule has 1 aliphatic heterocycles. The minimum absolute atomic E-state index is 0.00649. The average molecular weight is 274 g/mol. The first-order valence-electron chi connectivity index (χ1n) is 5.77. The molecule has 1 amide bonds.